The molecule has 7 N–H and O–H groups in total. The number of nitrogen functional groups attached to an aromatic ring is 2. The summed E-state index contributed by atoms with van der Waals surface area (Å²) >= 11 is 0. The molecule has 0 radical (unpaired) electrons. The van der Waals surface area contributed by atoms with Gasteiger partial charge in [0, 0.05) is 24.2 Å². The largest absolute Gasteiger partial charge is 0.496 e. The Morgan fingerprint density at radius 2 is 1.03 bits per heavy atom. The molecule has 2 aliphatic carbocycles. The molecule has 0 saturated heterocycles. The van der Waals surface area contributed by atoms with Crippen LogP contribution in [0.4, 0.5) is 11.6 Å². The van der Waals surface area contributed by atoms with E-state index in [1.54, 1.807) is 45.8 Å². The molecule has 4 heterocycles. The molecule has 352 valence electrons. The van der Waals surface area contributed by atoms with Crippen molar-refractivity contribution in [2.75, 3.05) is 25.7 Å². The van der Waals surface area contributed by atoms with Crippen molar-refractivity contribution in [3.05, 3.63) is 156 Å². The Labute approximate surface area is 401 Å². The molecule has 2 unspecified atom stereocenters. The molecule has 4 aromatic carbocycles. The number of ether oxygens (including phenoxy) is 2. The quantitative estimate of drug-likeness (QED) is 0.0651. The summed E-state index contributed by atoms with van der Waals surface area (Å²) in [6.07, 6.45) is 11.7. The summed E-state index contributed by atoms with van der Waals surface area (Å²) in [7, 11) is 3.06. The van der Waals surface area contributed by atoms with Gasteiger partial charge in [-0.05, 0) is 60.1 Å². The summed E-state index contributed by atoms with van der Waals surface area (Å²) in [4.78, 5) is 56.8. The number of nitrogens with one attached hydrogen (secondary N) is 2. The predicted octanol–water partition coefficient (Wildman–Crippen LogP) is 6.98. The lowest BCUT2D eigenvalue weighted by atomic mass is 9.80. The number of aromatic nitrogens is 8. The van der Waals surface area contributed by atoms with Crippen molar-refractivity contribution >= 4 is 51.5 Å². The van der Waals surface area contributed by atoms with Gasteiger partial charge in [-0.2, -0.15) is 10.2 Å². The lowest BCUT2D eigenvalue weighted by Gasteiger charge is -2.25. The van der Waals surface area contributed by atoms with E-state index in [1.165, 1.54) is 26.9 Å². The lowest BCUT2D eigenvalue weighted by molar-refractivity contribution is -0.144. The third kappa shape index (κ3) is 8.50. The fourth-order valence-corrected chi connectivity index (χ4v) is 9.63. The average molecular weight is 937 g/mol. The van der Waals surface area contributed by atoms with Crippen LogP contribution in [0.15, 0.2) is 134 Å². The number of allylic oxidation sites excluding steroid dienone is 4. The average Bonchev–Trinajstić information content (AvgIpc) is 4.22. The maximum Gasteiger partial charge on any atom is 0.307 e. The highest BCUT2D eigenvalue weighted by molar-refractivity contribution is 6.00. The van der Waals surface area contributed by atoms with Crippen molar-refractivity contribution in [3.8, 4) is 34.0 Å². The monoisotopic (exact) mass is 936 g/mol. The first kappa shape index (κ1) is 44.9. The number of carboxylic acid groups (broad SMARTS) is 1. The molecular formula is C52H48N12O6. The van der Waals surface area contributed by atoms with E-state index in [0.29, 0.717) is 82.0 Å². The van der Waals surface area contributed by atoms with Crippen LogP contribution >= 0.6 is 0 Å². The number of nitrogens with two attached hydrogens (primary N) is 2. The number of fused-ring (bicyclic) bond motifs is 2. The number of carbonyl (C=O) groups is 3. The number of para-hydroxylation sites is 2. The standard InChI is InChI=1S/C52H48N12O6/c1-69-39-9-5-3-7-37(39)50(65)55-25-29-11-15-31(16-12-29)44-42-46(53)57-27-59-48(42)63(61-44)35-21-19-33(23-35)41(52(67)68)34-20-22-36(24-34)64-49-43(47(54)58-28-60-49)45(62-64)32-17-13-30(14-18-32)26-56-51(66)38-8-4-6-10-40(38)70-2/h3-22,27-28,33-36,41H,23-26H2,1-2H3,(H,55,65)(H,56,66)(H,67,68)(H2,53,57,59)(H2,54,58,60)/t33-,34?,35-,36-,41?/m0/s1. The number of carboxylic acids is 1. The van der Waals surface area contributed by atoms with E-state index in [-0.39, 0.29) is 47.4 Å². The van der Waals surface area contributed by atoms with Gasteiger partial charge < -0.3 is 36.7 Å². The van der Waals surface area contributed by atoms with E-state index < -0.39 is 11.9 Å². The second-order valence-electron chi connectivity index (χ2n) is 17.2. The Kier molecular flexibility index (Phi) is 12.2. The van der Waals surface area contributed by atoms with Crippen LogP contribution in [-0.2, 0) is 17.9 Å². The van der Waals surface area contributed by atoms with E-state index in [2.05, 4.69) is 30.6 Å². The van der Waals surface area contributed by atoms with Crippen LogP contribution < -0.4 is 31.6 Å². The van der Waals surface area contributed by atoms with Gasteiger partial charge in [0.2, 0.25) is 0 Å². The Morgan fingerprint density at radius 1 is 0.614 bits per heavy atom. The summed E-state index contributed by atoms with van der Waals surface area (Å²) < 4.78 is 14.3. The summed E-state index contributed by atoms with van der Waals surface area (Å²) in [6, 6.07) is 28.8. The summed E-state index contributed by atoms with van der Waals surface area (Å²) in [5.74, 6) is -1.29. The van der Waals surface area contributed by atoms with Gasteiger partial charge in [0.05, 0.1) is 54.1 Å². The smallest absolute Gasteiger partial charge is 0.307 e. The van der Waals surface area contributed by atoms with Crippen molar-refractivity contribution in [1.82, 2.24) is 50.1 Å². The normalized spacial score (nSPS) is 17.7. The number of anilines is 2. The molecule has 0 aliphatic heterocycles. The van der Waals surface area contributed by atoms with Crippen LogP contribution in [-0.4, -0.2) is 76.6 Å². The zero-order chi connectivity index (χ0) is 48.5. The molecule has 70 heavy (non-hydrogen) atoms. The molecule has 0 saturated carbocycles. The number of amides is 2. The molecule has 2 amide bonds. The van der Waals surface area contributed by atoms with Gasteiger partial charge >= 0.3 is 5.97 Å². The molecule has 2 aliphatic rings. The molecule has 5 atom stereocenters. The first-order valence-corrected chi connectivity index (χ1v) is 22.7. The van der Waals surface area contributed by atoms with Gasteiger partial charge in [0.1, 0.15) is 47.2 Å². The van der Waals surface area contributed by atoms with Gasteiger partial charge in [-0.15, -0.1) is 0 Å². The molecule has 8 aromatic rings. The first-order chi connectivity index (χ1) is 34.1. The van der Waals surface area contributed by atoms with Crippen LogP contribution in [0.5, 0.6) is 11.5 Å². The number of rotatable bonds is 15. The molecule has 18 nitrogen and oxygen atoms in total. The van der Waals surface area contributed by atoms with E-state index in [9.17, 15) is 19.5 Å². The van der Waals surface area contributed by atoms with Crippen molar-refractivity contribution in [2.24, 2.45) is 17.8 Å². The molecule has 0 fully saturated rings. The van der Waals surface area contributed by atoms with E-state index >= 15 is 0 Å². The third-order valence-electron chi connectivity index (χ3n) is 13.1. The number of hydrogen-bond acceptors (Lipinski definition) is 13. The highest BCUT2D eigenvalue weighted by Crippen LogP contribution is 2.44. The maximum atomic E-state index is 13.2. The van der Waals surface area contributed by atoms with Gasteiger partial charge in [-0.3, -0.25) is 14.4 Å². The zero-order valence-corrected chi connectivity index (χ0v) is 38.1. The van der Waals surface area contributed by atoms with Crippen LogP contribution in [0.1, 0.15) is 56.8 Å². The molecule has 0 bridgehead atoms. The van der Waals surface area contributed by atoms with Crippen molar-refractivity contribution in [2.45, 2.75) is 38.0 Å². The Bertz CT molecular complexity index is 3130. The number of methoxy groups -OCH3 is 2. The Morgan fingerprint density at radius 3 is 1.43 bits per heavy atom. The van der Waals surface area contributed by atoms with Crippen LogP contribution in [0, 0.1) is 17.8 Å². The van der Waals surface area contributed by atoms with Gasteiger partial charge in [0.25, 0.3) is 11.8 Å². The second kappa shape index (κ2) is 19.0. The molecule has 10 rings (SSSR count). The first-order valence-electron chi connectivity index (χ1n) is 22.7. The second-order valence-corrected chi connectivity index (χ2v) is 17.2. The number of benzene rings is 4. The topological polar surface area (TPSA) is 253 Å². The van der Waals surface area contributed by atoms with E-state index in [1.807, 2.05) is 85.0 Å². The van der Waals surface area contributed by atoms with Crippen LogP contribution in [0.2, 0.25) is 0 Å². The van der Waals surface area contributed by atoms with Crippen molar-refractivity contribution < 1.29 is 29.0 Å². The third-order valence-corrected chi connectivity index (χ3v) is 13.1. The molecule has 0 spiro atoms. The fraction of sp³-hybridized carbons (Fsp3) is 0.212. The Hall–Kier alpha value is -8.93. The van der Waals surface area contributed by atoms with Crippen molar-refractivity contribution in [3.63, 3.8) is 0 Å². The SMILES string of the molecule is COc1ccccc1C(=O)NCc1ccc(-c2nn([C@H]3C=CC(C(C(=O)O)[C@H]4C=C[C@H](n5nc(-c6ccc(CNC(=O)c7ccccc7OC)cc6)c6c(N)ncnc65)C4)C3)c3ncnc(N)c23)cc1. The minimum atomic E-state index is -0.904. The zero-order valence-electron chi connectivity index (χ0n) is 38.1. The number of aliphatic carboxylic acids is 1. The maximum absolute atomic E-state index is 13.2. The number of nitrogens with zero attached hydrogens (tertiary/aromatic N) is 8. The van der Waals surface area contributed by atoms with E-state index in [0.717, 1.165) is 22.3 Å². The predicted molar refractivity (Wildman–Crippen MR) is 262 cm³/mol. The number of hydrogen-bond donors (Lipinski definition) is 5. The minimum Gasteiger partial charge on any atom is -0.496 e. The molecular weight excluding hydrogens is 889 g/mol. The van der Waals surface area contributed by atoms with Gasteiger partial charge in [-0.25, -0.2) is 29.3 Å². The fourth-order valence-electron chi connectivity index (χ4n) is 9.63. The van der Waals surface area contributed by atoms with Crippen LogP contribution in [0.3, 0.4) is 0 Å². The number of carbonyl (C=O) groups excluding carboxylic acids is 2. The van der Waals surface area contributed by atoms with E-state index in [4.69, 9.17) is 31.1 Å². The molecule has 18 heteroatoms. The minimum absolute atomic E-state index is 0.249. The highest BCUT2D eigenvalue weighted by atomic mass is 16.5. The Balaban J connectivity index is 0.834. The summed E-state index contributed by atoms with van der Waals surface area (Å²) in [6.45, 7) is 0.587. The molecule has 4 aromatic heterocycles. The van der Waals surface area contributed by atoms with Gasteiger partial charge in [-0.1, -0.05) is 97.1 Å². The van der Waals surface area contributed by atoms with Gasteiger partial charge in [0.15, 0.2) is 11.3 Å². The summed E-state index contributed by atoms with van der Waals surface area (Å²) in [5, 5.41) is 28.0. The van der Waals surface area contributed by atoms with Crippen molar-refractivity contribution in [1.29, 1.82) is 0 Å². The summed E-state index contributed by atoms with van der Waals surface area (Å²) in [5.41, 5.74) is 19.4. The van der Waals surface area contributed by atoms with Crippen LogP contribution in [0.25, 0.3) is 44.6 Å². The highest BCUT2D eigenvalue weighted by Gasteiger charge is 2.41. The lowest BCUT2D eigenvalue weighted by Crippen LogP contribution is -2.29.